The first-order valence-corrected chi connectivity index (χ1v) is 25.9. The Bertz CT molecular complexity index is 3060. The van der Waals surface area contributed by atoms with Gasteiger partial charge in [0, 0.05) is 6.42 Å². The van der Waals surface area contributed by atoms with Crippen LogP contribution in [-0.2, 0) is 62.6 Å². The molecule has 0 radical (unpaired) electrons. The van der Waals surface area contributed by atoms with Gasteiger partial charge in [-0.15, -0.1) is 0 Å². The number of hydrogen-bond donors (Lipinski definition) is 1. The molecule has 0 aromatic heterocycles. The Balaban J connectivity index is 1.12. The van der Waals surface area contributed by atoms with Crippen LogP contribution in [0.15, 0.2) is 164 Å². The summed E-state index contributed by atoms with van der Waals surface area (Å²) in [4.78, 5) is 87.6. The summed E-state index contributed by atoms with van der Waals surface area (Å²) in [6.45, 7) is 0.0885. The van der Waals surface area contributed by atoms with Crippen LogP contribution in [0.3, 0.4) is 0 Å². The second kappa shape index (κ2) is 24.8. The standard InChI is InChI=1S/C61H58N2O16/c1-37(65)26-31-49(66)78-53-48(36-72-33-38-16-6-3-7-17-38)77-61(51(55(53)74-35-40-20-10-5-11-21-40)63-58(69)45-24-14-15-25-46(45)59(63)70)79-52-47(32-64)76-60(75-42-29-27-41(71-2)28-30-42)50(54(52)73-34-39-18-8-4-9-19-39)62-56(67)43-22-12-13-23-44(43)57(62)68/h3-25,27-30,47-48,50-55,60-61,64H,26,31-36H2,1-2H3. The van der Waals surface area contributed by atoms with E-state index in [-0.39, 0.29) is 73.1 Å². The zero-order valence-corrected chi connectivity index (χ0v) is 43.3. The maximum atomic E-state index is 15.0. The SMILES string of the molecule is COc1ccc(OC2OC(CO)C(OC3OC(COCc4ccccc4)C(OC(=O)CCC(C)=O)C(OCc4ccccc4)C3N3C(=O)c4ccccc4C3=O)C(OCc3ccccc3)C2N2C(=O)c3ccccc3C2=O)cc1. The van der Waals surface area contributed by atoms with E-state index in [0.717, 1.165) is 15.4 Å². The van der Waals surface area contributed by atoms with Gasteiger partial charge in [0.25, 0.3) is 23.6 Å². The first-order chi connectivity index (χ1) is 38.5. The van der Waals surface area contributed by atoms with Crippen molar-refractivity contribution in [3.05, 3.63) is 203 Å². The number of benzene rings is 6. The third kappa shape index (κ3) is 11.9. The van der Waals surface area contributed by atoms with Crippen molar-refractivity contribution >= 4 is 35.4 Å². The number of ketones is 1. The first-order valence-electron chi connectivity index (χ1n) is 25.9. The van der Waals surface area contributed by atoms with Gasteiger partial charge in [0.1, 0.15) is 59.9 Å². The molecule has 4 heterocycles. The summed E-state index contributed by atoms with van der Waals surface area (Å²) in [6, 6.07) is 43.4. The van der Waals surface area contributed by atoms with Gasteiger partial charge >= 0.3 is 5.97 Å². The summed E-state index contributed by atoms with van der Waals surface area (Å²) >= 11 is 0. The summed E-state index contributed by atoms with van der Waals surface area (Å²) in [5, 5.41) is 11.5. The molecule has 0 aliphatic carbocycles. The molecule has 1 N–H and O–H groups in total. The molecule has 0 saturated carbocycles. The lowest BCUT2D eigenvalue weighted by molar-refractivity contribution is -0.342. The van der Waals surface area contributed by atoms with Gasteiger partial charge in [-0.3, -0.25) is 33.8 Å². The highest BCUT2D eigenvalue weighted by atomic mass is 16.7. The molecule has 2 saturated heterocycles. The Morgan fingerprint density at radius 2 is 0.937 bits per heavy atom. The molecular weight excluding hydrogens is 1020 g/mol. The molecule has 6 aromatic rings. The summed E-state index contributed by atoms with van der Waals surface area (Å²) in [5.74, 6) is -3.17. The quantitative estimate of drug-likeness (QED) is 0.0541. The topological polar surface area (TPSA) is 212 Å². The molecule has 79 heavy (non-hydrogen) atoms. The molecule has 6 aromatic carbocycles. The Morgan fingerprint density at radius 3 is 1.41 bits per heavy atom. The van der Waals surface area contributed by atoms with E-state index in [2.05, 4.69) is 0 Å². The van der Waals surface area contributed by atoms with Crippen molar-refractivity contribution in [1.82, 2.24) is 9.80 Å². The fourth-order valence-corrected chi connectivity index (χ4v) is 10.3. The van der Waals surface area contributed by atoms with Gasteiger partial charge in [0.15, 0.2) is 12.4 Å². The highest BCUT2D eigenvalue weighted by Gasteiger charge is 2.61. The molecule has 0 spiro atoms. The van der Waals surface area contributed by atoms with Crippen molar-refractivity contribution in [2.45, 2.75) is 101 Å². The third-order valence-corrected chi connectivity index (χ3v) is 14.2. The number of nitrogens with zero attached hydrogens (tertiary/aromatic N) is 2. The van der Waals surface area contributed by atoms with Crippen LogP contribution in [0, 0.1) is 0 Å². The van der Waals surface area contributed by atoms with Crippen LogP contribution in [0.5, 0.6) is 11.5 Å². The zero-order chi connectivity index (χ0) is 55.0. The fourth-order valence-electron chi connectivity index (χ4n) is 10.3. The predicted molar refractivity (Wildman–Crippen MR) is 280 cm³/mol. The second-order valence-electron chi connectivity index (χ2n) is 19.4. The van der Waals surface area contributed by atoms with Crippen molar-refractivity contribution in [3.8, 4) is 11.5 Å². The number of Topliss-reactive ketones (excluding diaryl/α,β-unsaturated/α-hetero) is 1. The van der Waals surface area contributed by atoms with Gasteiger partial charge in [0.2, 0.25) is 6.29 Å². The lowest BCUT2D eigenvalue weighted by Gasteiger charge is -2.52. The average Bonchev–Trinajstić information content (AvgIpc) is 4.12. The number of amides is 4. The average molecular weight is 1080 g/mol. The van der Waals surface area contributed by atoms with Crippen LogP contribution < -0.4 is 9.47 Å². The molecule has 18 heteroatoms. The van der Waals surface area contributed by atoms with Crippen molar-refractivity contribution in [3.63, 3.8) is 0 Å². The van der Waals surface area contributed by atoms with E-state index in [1.807, 2.05) is 78.9 Å². The molecule has 10 atom stereocenters. The molecule has 10 rings (SSSR count). The van der Waals surface area contributed by atoms with Gasteiger partial charge in [0.05, 0.1) is 68.8 Å². The minimum Gasteiger partial charge on any atom is -0.497 e. The van der Waals surface area contributed by atoms with Crippen LogP contribution >= 0.6 is 0 Å². The van der Waals surface area contributed by atoms with E-state index in [4.69, 9.17) is 42.6 Å². The lowest BCUT2D eigenvalue weighted by atomic mass is 9.92. The highest BCUT2D eigenvalue weighted by Crippen LogP contribution is 2.41. The molecule has 0 bridgehead atoms. The van der Waals surface area contributed by atoms with Gasteiger partial charge in [-0.05, 0) is 72.1 Å². The summed E-state index contributed by atoms with van der Waals surface area (Å²) in [5.41, 5.74) is 2.52. The number of ether oxygens (including phenoxy) is 9. The minimum absolute atomic E-state index is 0.0684. The molecule has 4 aliphatic heterocycles. The van der Waals surface area contributed by atoms with E-state index >= 15 is 0 Å². The van der Waals surface area contributed by atoms with E-state index in [1.165, 1.54) is 38.3 Å². The lowest BCUT2D eigenvalue weighted by Crippen LogP contribution is -2.71. The summed E-state index contributed by atoms with van der Waals surface area (Å²) in [7, 11) is 1.51. The van der Waals surface area contributed by atoms with E-state index in [1.54, 1.807) is 60.7 Å². The van der Waals surface area contributed by atoms with Gasteiger partial charge in [-0.1, -0.05) is 115 Å². The van der Waals surface area contributed by atoms with Crippen LogP contribution in [0.2, 0.25) is 0 Å². The van der Waals surface area contributed by atoms with Crippen molar-refractivity contribution in [1.29, 1.82) is 0 Å². The molecule has 18 nitrogen and oxygen atoms in total. The van der Waals surface area contributed by atoms with E-state index < -0.39 is 97.5 Å². The number of hydrogen-bond acceptors (Lipinski definition) is 16. The third-order valence-electron chi connectivity index (χ3n) is 14.2. The largest absolute Gasteiger partial charge is 0.497 e. The zero-order valence-electron chi connectivity index (χ0n) is 43.3. The Kier molecular flexibility index (Phi) is 17.1. The van der Waals surface area contributed by atoms with Gasteiger partial charge < -0.3 is 52.5 Å². The van der Waals surface area contributed by atoms with E-state index in [9.17, 15) is 33.9 Å². The minimum atomic E-state index is -1.77. The number of imide groups is 2. The van der Waals surface area contributed by atoms with Crippen molar-refractivity contribution in [2.75, 3.05) is 20.3 Å². The van der Waals surface area contributed by atoms with Gasteiger partial charge in [-0.25, -0.2) is 0 Å². The van der Waals surface area contributed by atoms with Gasteiger partial charge in [-0.2, -0.15) is 0 Å². The van der Waals surface area contributed by atoms with Crippen LogP contribution in [0.25, 0.3) is 0 Å². The number of aliphatic hydroxyl groups excluding tert-OH is 1. The Hall–Kier alpha value is -7.94. The second-order valence-corrected chi connectivity index (χ2v) is 19.4. The smallest absolute Gasteiger partial charge is 0.306 e. The summed E-state index contributed by atoms with van der Waals surface area (Å²) < 4.78 is 59.2. The summed E-state index contributed by atoms with van der Waals surface area (Å²) in [6.07, 6.45) is -12.4. The molecule has 10 unspecified atom stereocenters. The molecule has 408 valence electrons. The maximum Gasteiger partial charge on any atom is 0.306 e. The number of carbonyl (C=O) groups is 6. The van der Waals surface area contributed by atoms with Crippen LogP contribution in [0.1, 0.15) is 77.9 Å². The number of methoxy groups -OCH3 is 1. The highest BCUT2D eigenvalue weighted by molar-refractivity contribution is 6.22. The number of fused-ring (bicyclic) bond motifs is 2. The number of rotatable bonds is 22. The van der Waals surface area contributed by atoms with E-state index in [0.29, 0.717) is 16.9 Å². The molecule has 4 aliphatic rings. The van der Waals surface area contributed by atoms with Crippen molar-refractivity contribution < 1.29 is 76.5 Å². The molecule has 4 amide bonds. The molecular formula is C61H58N2O16. The van der Waals surface area contributed by atoms with Crippen molar-refractivity contribution in [2.24, 2.45) is 0 Å². The normalized spacial score (nSPS) is 24.5. The molecule has 2 fully saturated rings. The number of carbonyl (C=O) groups excluding carboxylic acids is 6. The number of aliphatic hydroxyl groups is 1. The van der Waals surface area contributed by atoms with Crippen LogP contribution in [0.4, 0.5) is 0 Å². The number of esters is 1. The Labute approximate surface area is 455 Å². The first kappa shape index (κ1) is 54.4. The van der Waals surface area contributed by atoms with Crippen LogP contribution in [-0.4, -0.2) is 132 Å². The fraction of sp³-hybridized carbons (Fsp3) is 0.311. The Morgan fingerprint density at radius 1 is 0.506 bits per heavy atom. The predicted octanol–water partition coefficient (Wildman–Crippen LogP) is 6.90. The maximum absolute atomic E-state index is 15.0. The monoisotopic (exact) mass is 1070 g/mol.